The average molecular weight is 245 g/mol. The van der Waals surface area contributed by atoms with Crippen molar-refractivity contribution in [3.05, 3.63) is 29.3 Å². The summed E-state index contributed by atoms with van der Waals surface area (Å²) in [6, 6.07) is 6.82. The highest BCUT2D eigenvalue weighted by atomic mass is 16.2. The molecule has 4 heteroatoms. The Morgan fingerprint density at radius 2 is 2.28 bits per heavy atom. The molecule has 2 heterocycles. The number of likely N-dealkylation sites (N-methyl/N-ethyl adjacent to an activating group) is 1. The van der Waals surface area contributed by atoms with Crippen molar-refractivity contribution in [2.45, 2.75) is 18.9 Å². The van der Waals surface area contributed by atoms with E-state index in [0.717, 1.165) is 31.7 Å². The normalized spacial score (nSPS) is 18.9. The molecule has 1 fully saturated rings. The van der Waals surface area contributed by atoms with Crippen molar-refractivity contribution >= 4 is 11.6 Å². The van der Waals surface area contributed by atoms with Gasteiger partial charge in [0.2, 0.25) is 5.91 Å². The molecule has 2 aliphatic rings. The van der Waals surface area contributed by atoms with Crippen molar-refractivity contribution < 1.29 is 4.79 Å². The highest BCUT2D eigenvalue weighted by molar-refractivity contribution is 6.02. The predicted molar refractivity (Wildman–Crippen MR) is 71.9 cm³/mol. The standard InChI is InChI=1S/C14H19N3O/c1-15-5-4-10-2-3-13-11(6-10)7-14(18)17(13)12-8-16-9-12/h2-3,6,12,15-16H,4-5,7-9H2,1H3. The fourth-order valence-electron chi connectivity index (χ4n) is 2.68. The van der Waals surface area contributed by atoms with Gasteiger partial charge in [-0.15, -0.1) is 0 Å². The Hall–Kier alpha value is -1.39. The molecule has 0 atom stereocenters. The number of rotatable bonds is 4. The Bertz CT molecular complexity index is 468. The number of anilines is 1. The van der Waals surface area contributed by atoms with Gasteiger partial charge >= 0.3 is 0 Å². The lowest BCUT2D eigenvalue weighted by molar-refractivity contribution is -0.118. The van der Waals surface area contributed by atoms with Crippen LogP contribution in [-0.4, -0.2) is 38.6 Å². The van der Waals surface area contributed by atoms with Crippen LogP contribution in [0.15, 0.2) is 18.2 Å². The molecule has 1 amide bonds. The molecule has 0 radical (unpaired) electrons. The van der Waals surface area contributed by atoms with Crippen LogP contribution in [0.3, 0.4) is 0 Å². The monoisotopic (exact) mass is 245 g/mol. The van der Waals surface area contributed by atoms with Gasteiger partial charge in [-0.25, -0.2) is 0 Å². The highest BCUT2D eigenvalue weighted by Crippen LogP contribution is 2.32. The van der Waals surface area contributed by atoms with Crippen molar-refractivity contribution in [3.63, 3.8) is 0 Å². The van der Waals surface area contributed by atoms with E-state index in [0.29, 0.717) is 12.5 Å². The number of carbonyl (C=O) groups is 1. The number of amides is 1. The molecular weight excluding hydrogens is 226 g/mol. The van der Waals surface area contributed by atoms with Crippen LogP contribution in [-0.2, 0) is 17.6 Å². The zero-order valence-corrected chi connectivity index (χ0v) is 10.7. The van der Waals surface area contributed by atoms with Crippen molar-refractivity contribution in [1.29, 1.82) is 0 Å². The van der Waals surface area contributed by atoms with E-state index >= 15 is 0 Å². The molecule has 18 heavy (non-hydrogen) atoms. The minimum atomic E-state index is 0.252. The van der Waals surface area contributed by atoms with Gasteiger partial charge in [-0.3, -0.25) is 4.79 Å². The molecule has 2 aliphatic heterocycles. The first kappa shape index (κ1) is 11.7. The molecule has 2 N–H and O–H groups in total. The number of hydrogen-bond acceptors (Lipinski definition) is 3. The van der Waals surface area contributed by atoms with E-state index in [1.165, 1.54) is 11.1 Å². The fraction of sp³-hybridized carbons (Fsp3) is 0.500. The minimum Gasteiger partial charge on any atom is -0.319 e. The van der Waals surface area contributed by atoms with Crippen molar-refractivity contribution in [2.24, 2.45) is 0 Å². The maximum absolute atomic E-state index is 12.1. The van der Waals surface area contributed by atoms with Crippen LogP contribution >= 0.6 is 0 Å². The first-order valence-corrected chi connectivity index (χ1v) is 6.59. The average Bonchev–Trinajstić information content (AvgIpc) is 2.61. The summed E-state index contributed by atoms with van der Waals surface area (Å²) in [4.78, 5) is 14.1. The van der Waals surface area contributed by atoms with Gasteiger partial charge in [0.05, 0.1) is 12.5 Å². The van der Waals surface area contributed by atoms with E-state index in [9.17, 15) is 4.79 Å². The summed E-state index contributed by atoms with van der Waals surface area (Å²) in [7, 11) is 1.96. The molecule has 0 unspecified atom stereocenters. The van der Waals surface area contributed by atoms with E-state index in [1.807, 2.05) is 11.9 Å². The Morgan fingerprint density at radius 3 is 2.94 bits per heavy atom. The third-order valence-corrected chi connectivity index (χ3v) is 3.80. The quantitative estimate of drug-likeness (QED) is 0.802. The summed E-state index contributed by atoms with van der Waals surface area (Å²) >= 11 is 0. The topological polar surface area (TPSA) is 44.4 Å². The van der Waals surface area contributed by atoms with Crippen molar-refractivity contribution in [1.82, 2.24) is 10.6 Å². The summed E-state index contributed by atoms with van der Waals surface area (Å²) in [5.41, 5.74) is 3.63. The Balaban J connectivity index is 1.83. The minimum absolute atomic E-state index is 0.252. The van der Waals surface area contributed by atoms with Crippen molar-refractivity contribution in [2.75, 3.05) is 31.6 Å². The van der Waals surface area contributed by atoms with E-state index in [4.69, 9.17) is 0 Å². The third kappa shape index (κ3) is 1.91. The lowest BCUT2D eigenvalue weighted by atomic mass is 10.1. The van der Waals surface area contributed by atoms with Gasteiger partial charge in [0.25, 0.3) is 0 Å². The zero-order valence-electron chi connectivity index (χ0n) is 10.7. The van der Waals surface area contributed by atoms with Crippen LogP contribution in [0.25, 0.3) is 0 Å². The maximum atomic E-state index is 12.1. The molecular formula is C14H19N3O. The first-order chi connectivity index (χ1) is 8.79. The van der Waals surface area contributed by atoms with E-state index < -0.39 is 0 Å². The number of fused-ring (bicyclic) bond motifs is 1. The fourth-order valence-corrected chi connectivity index (χ4v) is 2.68. The number of carbonyl (C=O) groups excluding carboxylic acids is 1. The second-order valence-corrected chi connectivity index (χ2v) is 5.07. The zero-order chi connectivity index (χ0) is 12.5. The first-order valence-electron chi connectivity index (χ1n) is 6.59. The summed E-state index contributed by atoms with van der Waals surface area (Å²) < 4.78 is 0. The molecule has 96 valence electrons. The van der Waals surface area contributed by atoms with E-state index in [1.54, 1.807) is 0 Å². The van der Waals surface area contributed by atoms with Crippen LogP contribution in [0.5, 0.6) is 0 Å². The third-order valence-electron chi connectivity index (χ3n) is 3.80. The smallest absolute Gasteiger partial charge is 0.231 e. The number of nitrogens with zero attached hydrogens (tertiary/aromatic N) is 1. The second kappa shape index (κ2) is 4.71. The number of hydrogen-bond donors (Lipinski definition) is 2. The maximum Gasteiger partial charge on any atom is 0.231 e. The molecule has 1 aromatic rings. The van der Waals surface area contributed by atoms with Crippen LogP contribution in [0.1, 0.15) is 11.1 Å². The van der Waals surface area contributed by atoms with Gasteiger partial charge in [-0.2, -0.15) is 0 Å². The van der Waals surface area contributed by atoms with Crippen LogP contribution in [0.4, 0.5) is 5.69 Å². The van der Waals surface area contributed by atoms with Crippen molar-refractivity contribution in [3.8, 4) is 0 Å². The molecule has 4 nitrogen and oxygen atoms in total. The molecule has 1 saturated heterocycles. The van der Waals surface area contributed by atoms with Gasteiger partial charge < -0.3 is 15.5 Å². The van der Waals surface area contributed by atoms with Gasteiger partial charge in [0.1, 0.15) is 0 Å². The van der Waals surface area contributed by atoms with Crippen LogP contribution in [0, 0.1) is 0 Å². The molecule has 0 spiro atoms. The molecule has 0 saturated carbocycles. The molecule has 3 rings (SSSR count). The van der Waals surface area contributed by atoms with Crippen LogP contribution in [0.2, 0.25) is 0 Å². The second-order valence-electron chi connectivity index (χ2n) is 5.07. The van der Waals surface area contributed by atoms with Gasteiger partial charge in [0.15, 0.2) is 0 Å². The van der Waals surface area contributed by atoms with E-state index in [2.05, 4.69) is 28.8 Å². The largest absolute Gasteiger partial charge is 0.319 e. The molecule has 1 aromatic carbocycles. The predicted octanol–water partition coefficient (Wildman–Crippen LogP) is 0.309. The summed E-state index contributed by atoms with van der Waals surface area (Å²) in [5, 5.41) is 6.38. The van der Waals surface area contributed by atoms with Gasteiger partial charge in [-0.05, 0) is 37.2 Å². The summed E-state index contributed by atoms with van der Waals surface area (Å²) in [6.07, 6.45) is 1.59. The molecule has 0 bridgehead atoms. The van der Waals surface area contributed by atoms with Gasteiger partial charge in [0, 0.05) is 18.8 Å². The van der Waals surface area contributed by atoms with E-state index in [-0.39, 0.29) is 5.91 Å². The number of benzene rings is 1. The van der Waals surface area contributed by atoms with Crippen LogP contribution < -0.4 is 15.5 Å². The lowest BCUT2D eigenvalue weighted by Crippen LogP contribution is -2.58. The van der Waals surface area contributed by atoms with Gasteiger partial charge in [-0.1, -0.05) is 12.1 Å². The lowest BCUT2D eigenvalue weighted by Gasteiger charge is -2.36. The Kier molecular flexibility index (Phi) is 3.06. The number of nitrogens with one attached hydrogen (secondary N) is 2. The SMILES string of the molecule is CNCCc1ccc2c(c1)CC(=O)N2C1CNC1. The Labute approximate surface area is 107 Å². The molecule has 0 aliphatic carbocycles. The summed E-state index contributed by atoms with van der Waals surface area (Å²) in [6.45, 7) is 2.82. The molecule has 0 aromatic heterocycles. The summed E-state index contributed by atoms with van der Waals surface area (Å²) in [5.74, 6) is 0.252. The Morgan fingerprint density at radius 1 is 1.44 bits per heavy atom. The highest BCUT2D eigenvalue weighted by Gasteiger charge is 2.35.